The summed E-state index contributed by atoms with van der Waals surface area (Å²) in [4.78, 5) is 12.4. The first-order valence-electron chi connectivity index (χ1n) is 9.14. The number of carbonyl (C=O) groups is 1. The van der Waals surface area contributed by atoms with Gasteiger partial charge in [0.1, 0.15) is 0 Å². The monoisotopic (exact) mass is 428 g/mol. The summed E-state index contributed by atoms with van der Waals surface area (Å²) in [6, 6.07) is 10.5. The number of alkyl halides is 3. The first-order chi connectivity index (χ1) is 13.6. The number of nitrogens with one attached hydrogen (secondary N) is 1. The van der Waals surface area contributed by atoms with Gasteiger partial charge >= 0.3 is 6.18 Å². The molecule has 0 saturated carbocycles. The van der Waals surface area contributed by atoms with Crippen molar-refractivity contribution in [3.63, 3.8) is 0 Å². The highest BCUT2D eigenvalue weighted by Crippen LogP contribution is 2.29. The third-order valence-corrected chi connectivity index (χ3v) is 6.47. The van der Waals surface area contributed by atoms with E-state index in [1.54, 1.807) is 13.8 Å². The first-order valence-corrected chi connectivity index (χ1v) is 10.6. The molecule has 0 aliphatic heterocycles. The minimum Gasteiger partial charge on any atom is -0.352 e. The van der Waals surface area contributed by atoms with E-state index in [2.05, 4.69) is 5.32 Å². The van der Waals surface area contributed by atoms with Crippen LogP contribution in [0, 0.1) is 0 Å². The number of carbonyl (C=O) groups excluding carboxylic acids is 1. The third kappa shape index (κ3) is 5.80. The zero-order valence-electron chi connectivity index (χ0n) is 16.2. The second kappa shape index (κ2) is 9.41. The van der Waals surface area contributed by atoms with Gasteiger partial charge < -0.3 is 5.32 Å². The summed E-state index contributed by atoms with van der Waals surface area (Å²) in [5.74, 6) is -0.450. The van der Waals surface area contributed by atoms with Crippen LogP contribution < -0.4 is 5.32 Å². The molecule has 0 aliphatic rings. The molecule has 0 fully saturated rings. The number of amides is 1. The van der Waals surface area contributed by atoms with E-state index < -0.39 is 27.7 Å². The standard InChI is InChI=1S/C20H23F3N2O3S/c1-3-25(4-2)29(27,28)18-7-5-6-16(14-18)19(26)24-13-12-15-8-10-17(11-9-15)20(21,22)23/h5-11,14H,3-4,12-13H2,1-2H3,(H,24,26). The maximum absolute atomic E-state index is 12.6. The maximum Gasteiger partial charge on any atom is 0.416 e. The third-order valence-electron chi connectivity index (χ3n) is 4.42. The van der Waals surface area contributed by atoms with Gasteiger partial charge in [0.05, 0.1) is 10.5 Å². The number of benzene rings is 2. The molecule has 0 radical (unpaired) electrons. The molecule has 0 aromatic heterocycles. The van der Waals surface area contributed by atoms with Gasteiger partial charge in [0.15, 0.2) is 0 Å². The highest BCUT2D eigenvalue weighted by atomic mass is 32.2. The Labute approximate surface area is 168 Å². The van der Waals surface area contributed by atoms with Gasteiger partial charge in [-0.05, 0) is 42.3 Å². The molecule has 0 saturated heterocycles. The summed E-state index contributed by atoms with van der Waals surface area (Å²) in [6.45, 7) is 4.32. The van der Waals surface area contributed by atoms with Crippen LogP contribution in [0.25, 0.3) is 0 Å². The summed E-state index contributed by atoms with van der Waals surface area (Å²) in [5, 5.41) is 2.66. The van der Waals surface area contributed by atoms with E-state index in [9.17, 15) is 26.4 Å². The minimum atomic E-state index is -4.39. The Hall–Kier alpha value is -2.39. The van der Waals surface area contributed by atoms with Crippen molar-refractivity contribution >= 4 is 15.9 Å². The topological polar surface area (TPSA) is 66.5 Å². The molecule has 0 spiro atoms. The van der Waals surface area contributed by atoms with Gasteiger partial charge in [0, 0.05) is 25.2 Å². The zero-order chi connectivity index (χ0) is 21.7. The van der Waals surface area contributed by atoms with Crippen LogP contribution in [-0.2, 0) is 22.6 Å². The summed E-state index contributed by atoms with van der Waals surface area (Å²) >= 11 is 0. The van der Waals surface area contributed by atoms with Gasteiger partial charge in [0.2, 0.25) is 10.0 Å². The van der Waals surface area contributed by atoms with E-state index in [-0.39, 0.29) is 17.0 Å². The van der Waals surface area contributed by atoms with Crippen molar-refractivity contribution < 1.29 is 26.4 Å². The minimum absolute atomic E-state index is 0.0385. The fourth-order valence-corrected chi connectivity index (χ4v) is 4.30. The average molecular weight is 428 g/mol. The van der Waals surface area contributed by atoms with E-state index in [1.165, 1.54) is 40.7 Å². The van der Waals surface area contributed by atoms with Crippen LogP contribution in [0.4, 0.5) is 13.2 Å². The van der Waals surface area contributed by atoms with E-state index in [1.807, 2.05) is 0 Å². The highest BCUT2D eigenvalue weighted by molar-refractivity contribution is 7.89. The van der Waals surface area contributed by atoms with Crippen molar-refractivity contribution in [1.29, 1.82) is 0 Å². The molecular formula is C20H23F3N2O3S. The number of nitrogens with zero attached hydrogens (tertiary/aromatic N) is 1. The predicted octanol–water partition coefficient (Wildman–Crippen LogP) is 3.71. The average Bonchev–Trinajstić information content (AvgIpc) is 2.68. The summed E-state index contributed by atoms with van der Waals surface area (Å²) < 4.78 is 64.2. The molecule has 2 rings (SSSR count). The summed E-state index contributed by atoms with van der Waals surface area (Å²) in [5.41, 5.74) is 0.123. The Morgan fingerprint density at radius 2 is 1.66 bits per heavy atom. The SMILES string of the molecule is CCN(CC)S(=O)(=O)c1cccc(C(=O)NCCc2ccc(C(F)(F)F)cc2)c1. The normalized spacial score (nSPS) is 12.2. The van der Waals surface area contributed by atoms with Crippen molar-refractivity contribution in [3.8, 4) is 0 Å². The summed E-state index contributed by atoms with van der Waals surface area (Å²) in [7, 11) is -3.68. The van der Waals surface area contributed by atoms with Crippen LogP contribution in [0.1, 0.15) is 35.3 Å². The molecule has 9 heteroatoms. The molecule has 0 atom stereocenters. The highest BCUT2D eigenvalue weighted by Gasteiger charge is 2.29. The molecule has 5 nitrogen and oxygen atoms in total. The molecule has 0 aliphatic carbocycles. The van der Waals surface area contributed by atoms with Gasteiger partial charge in [-0.25, -0.2) is 8.42 Å². The Bertz CT molecular complexity index is 938. The van der Waals surface area contributed by atoms with Gasteiger partial charge in [0.25, 0.3) is 5.91 Å². The number of halogens is 3. The first kappa shape index (κ1) is 22.9. The number of rotatable bonds is 8. The van der Waals surface area contributed by atoms with Crippen molar-refractivity contribution in [2.45, 2.75) is 31.3 Å². The van der Waals surface area contributed by atoms with Gasteiger partial charge in [-0.15, -0.1) is 0 Å². The van der Waals surface area contributed by atoms with E-state index in [0.29, 0.717) is 25.1 Å². The molecule has 1 N–H and O–H groups in total. The van der Waals surface area contributed by atoms with Crippen LogP contribution >= 0.6 is 0 Å². The molecule has 1 amide bonds. The van der Waals surface area contributed by atoms with Crippen LogP contribution in [-0.4, -0.2) is 38.3 Å². The molecule has 2 aromatic carbocycles. The van der Waals surface area contributed by atoms with E-state index in [0.717, 1.165) is 12.1 Å². The quantitative estimate of drug-likeness (QED) is 0.697. The zero-order valence-corrected chi connectivity index (χ0v) is 17.0. The second-order valence-corrected chi connectivity index (χ2v) is 8.26. The number of sulfonamides is 1. The fraction of sp³-hybridized carbons (Fsp3) is 0.350. The predicted molar refractivity (Wildman–Crippen MR) is 104 cm³/mol. The molecular weight excluding hydrogens is 405 g/mol. The lowest BCUT2D eigenvalue weighted by Gasteiger charge is -2.18. The van der Waals surface area contributed by atoms with Crippen LogP contribution in [0.15, 0.2) is 53.4 Å². The Balaban J connectivity index is 2.01. The van der Waals surface area contributed by atoms with Gasteiger partial charge in [-0.1, -0.05) is 32.0 Å². The second-order valence-electron chi connectivity index (χ2n) is 6.32. The van der Waals surface area contributed by atoms with Crippen LogP contribution in [0.3, 0.4) is 0 Å². The van der Waals surface area contributed by atoms with Crippen molar-refractivity contribution in [2.24, 2.45) is 0 Å². The van der Waals surface area contributed by atoms with E-state index >= 15 is 0 Å². The van der Waals surface area contributed by atoms with Crippen molar-refractivity contribution in [2.75, 3.05) is 19.6 Å². The lowest BCUT2D eigenvalue weighted by Crippen LogP contribution is -2.31. The fourth-order valence-electron chi connectivity index (χ4n) is 2.79. The maximum atomic E-state index is 12.6. The van der Waals surface area contributed by atoms with E-state index in [4.69, 9.17) is 0 Å². The van der Waals surface area contributed by atoms with Crippen LogP contribution in [0.5, 0.6) is 0 Å². The molecule has 0 bridgehead atoms. The molecule has 2 aromatic rings. The lowest BCUT2D eigenvalue weighted by atomic mass is 10.1. The Kier molecular flexibility index (Phi) is 7.43. The molecule has 0 unspecified atom stereocenters. The van der Waals surface area contributed by atoms with Crippen LogP contribution in [0.2, 0.25) is 0 Å². The van der Waals surface area contributed by atoms with Gasteiger partial charge in [-0.2, -0.15) is 17.5 Å². The van der Waals surface area contributed by atoms with Crippen molar-refractivity contribution in [1.82, 2.24) is 9.62 Å². The summed E-state index contributed by atoms with van der Waals surface area (Å²) in [6.07, 6.45) is -4.04. The molecule has 158 valence electrons. The lowest BCUT2D eigenvalue weighted by molar-refractivity contribution is -0.137. The van der Waals surface area contributed by atoms with Gasteiger partial charge in [-0.3, -0.25) is 4.79 Å². The molecule has 0 heterocycles. The number of hydrogen-bond donors (Lipinski definition) is 1. The number of hydrogen-bond acceptors (Lipinski definition) is 3. The Morgan fingerprint density at radius 3 is 2.21 bits per heavy atom. The Morgan fingerprint density at radius 1 is 1.03 bits per heavy atom. The molecule has 29 heavy (non-hydrogen) atoms. The van der Waals surface area contributed by atoms with Crippen molar-refractivity contribution in [3.05, 3.63) is 65.2 Å². The smallest absolute Gasteiger partial charge is 0.352 e. The largest absolute Gasteiger partial charge is 0.416 e.